The molecule has 19 heavy (non-hydrogen) atoms. The summed E-state index contributed by atoms with van der Waals surface area (Å²) in [6.45, 7) is 0.661. The number of hydrogen-bond donors (Lipinski definition) is 1. The van der Waals surface area contributed by atoms with Crippen molar-refractivity contribution in [3.63, 3.8) is 0 Å². The Morgan fingerprint density at radius 2 is 2.05 bits per heavy atom. The molecule has 0 spiro atoms. The molecule has 0 radical (unpaired) electrons. The van der Waals surface area contributed by atoms with Gasteiger partial charge in [-0.2, -0.15) is 0 Å². The van der Waals surface area contributed by atoms with E-state index >= 15 is 0 Å². The first kappa shape index (κ1) is 12.2. The molecule has 0 amide bonds. The third-order valence-corrected chi connectivity index (χ3v) is 4.08. The van der Waals surface area contributed by atoms with Crippen LogP contribution in [0.5, 0.6) is 0 Å². The van der Waals surface area contributed by atoms with Gasteiger partial charge in [-0.25, -0.2) is 9.78 Å². The summed E-state index contributed by atoms with van der Waals surface area (Å²) in [5.74, 6) is 0.517. The Labute approximate surface area is 110 Å². The Kier molecular flexibility index (Phi) is 3.00. The van der Waals surface area contributed by atoms with Gasteiger partial charge in [-0.05, 0) is 18.8 Å². The van der Waals surface area contributed by atoms with E-state index in [1.165, 1.54) is 32.6 Å². The summed E-state index contributed by atoms with van der Waals surface area (Å²) in [6.07, 6.45) is 7.53. The molecule has 2 heterocycles. The molecule has 1 fully saturated rings. The zero-order chi connectivity index (χ0) is 13.4. The molecular weight excluding hydrogens is 244 g/mol. The average molecular weight is 262 g/mol. The van der Waals surface area contributed by atoms with Gasteiger partial charge >= 0.3 is 5.69 Å². The minimum Gasteiger partial charge on any atom is -0.339 e. The Bertz CT molecular complexity index is 703. The Hall–Kier alpha value is -1.85. The molecule has 1 saturated carbocycles. The van der Waals surface area contributed by atoms with E-state index in [2.05, 4.69) is 9.97 Å². The van der Waals surface area contributed by atoms with Crippen LogP contribution < -0.4 is 11.2 Å². The molecule has 0 aromatic carbocycles. The highest BCUT2D eigenvalue weighted by Gasteiger charge is 2.18. The van der Waals surface area contributed by atoms with Crippen LogP contribution in [0.2, 0.25) is 0 Å². The van der Waals surface area contributed by atoms with Crippen LogP contribution in [0.1, 0.15) is 32.1 Å². The third-order valence-electron chi connectivity index (χ3n) is 4.08. The maximum Gasteiger partial charge on any atom is 0.332 e. The fourth-order valence-corrected chi connectivity index (χ4v) is 2.97. The monoisotopic (exact) mass is 262 g/mol. The van der Waals surface area contributed by atoms with Crippen molar-refractivity contribution in [1.29, 1.82) is 0 Å². The van der Waals surface area contributed by atoms with E-state index in [1.807, 2.05) is 0 Å². The molecule has 1 aliphatic rings. The van der Waals surface area contributed by atoms with Crippen LogP contribution in [0.15, 0.2) is 15.9 Å². The predicted molar refractivity (Wildman–Crippen MR) is 72.2 cm³/mol. The second-order valence-corrected chi connectivity index (χ2v) is 5.36. The van der Waals surface area contributed by atoms with Crippen LogP contribution in [-0.4, -0.2) is 19.1 Å². The Balaban J connectivity index is 2.09. The molecular formula is C13H18N4O2. The van der Waals surface area contributed by atoms with Gasteiger partial charge in [0.05, 0.1) is 6.33 Å². The van der Waals surface area contributed by atoms with Crippen LogP contribution in [-0.2, 0) is 13.6 Å². The quantitative estimate of drug-likeness (QED) is 0.877. The second-order valence-electron chi connectivity index (χ2n) is 5.36. The first-order valence-corrected chi connectivity index (χ1v) is 6.81. The van der Waals surface area contributed by atoms with E-state index in [-0.39, 0.29) is 11.2 Å². The summed E-state index contributed by atoms with van der Waals surface area (Å²) >= 11 is 0. The van der Waals surface area contributed by atoms with Gasteiger partial charge in [0.2, 0.25) is 0 Å². The molecule has 0 bridgehead atoms. The van der Waals surface area contributed by atoms with Gasteiger partial charge in [-0.3, -0.25) is 13.9 Å². The lowest BCUT2D eigenvalue weighted by Gasteiger charge is -2.22. The minimum absolute atomic E-state index is 0.268. The van der Waals surface area contributed by atoms with Crippen LogP contribution in [0.3, 0.4) is 0 Å². The number of rotatable bonds is 2. The van der Waals surface area contributed by atoms with E-state index < -0.39 is 0 Å². The van der Waals surface area contributed by atoms with Crippen molar-refractivity contribution in [2.75, 3.05) is 0 Å². The number of fused-ring (bicyclic) bond motifs is 1. The summed E-state index contributed by atoms with van der Waals surface area (Å²) in [5.41, 5.74) is 0.323. The van der Waals surface area contributed by atoms with E-state index in [9.17, 15) is 9.59 Å². The summed E-state index contributed by atoms with van der Waals surface area (Å²) < 4.78 is 2.80. The molecule has 0 atom stereocenters. The van der Waals surface area contributed by atoms with Crippen LogP contribution in [0.25, 0.3) is 11.2 Å². The lowest BCUT2D eigenvalue weighted by molar-refractivity contribution is 0.316. The van der Waals surface area contributed by atoms with Gasteiger partial charge in [-0.15, -0.1) is 0 Å². The largest absolute Gasteiger partial charge is 0.339 e. The van der Waals surface area contributed by atoms with Crippen molar-refractivity contribution in [2.45, 2.75) is 38.6 Å². The Morgan fingerprint density at radius 3 is 2.79 bits per heavy atom. The highest BCUT2D eigenvalue weighted by atomic mass is 16.2. The maximum absolute atomic E-state index is 12.2. The Morgan fingerprint density at radius 1 is 1.32 bits per heavy atom. The van der Waals surface area contributed by atoms with E-state index in [1.54, 1.807) is 4.57 Å². The van der Waals surface area contributed by atoms with Gasteiger partial charge in [0.1, 0.15) is 5.52 Å². The zero-order valence-electron chi connectivity index (χ0n) is 11.1. The smallest absolute Gasteiger partial charge is 0.332 e. The average Bonchev–Trinajstić information content (AvgIpc) is 2.92. The van der Waals surface area contributed by atoms with Crippen molar-refractivity contribution >= 4 is 11.2 Å². The number of aromatic nitrogens is 4. The SMILES string of the molecule is Cn1c(=O)c2[nH]cnc2n(CC2CCCCC2)c1=O. The number of nitrogens with one attached hydrogen (secondary N) is 1. The van der Waals surface area contributed by atoms with Crippen molar-refractivity contribution < 1.29 is 0 Å². The molecule has 2 aromatic rings. The maximum atomic E-state index is 12.2. The van der Waals surface area contributed by atoms with Gasteiger partial charge in [0, 0.05) is 13.6 Å². The summed E-state index contributed by atoms with van der Waals surface area (Å²) in [6, 6.07) is 0. The van der Waals surface area contributed by atoms with Crippen LogP contribution in [0, 0.1) is 5.92 Å². The number of hydrogen-bond acceptors (Lipinski definition) is 3. The molecule has 0 saturated heterocycles. The number of imidazole rings is 1. The summed E-state index contributed by atoms with van der Waals surface area (Å²) in [4.78, 5) is 31.2. The van der Waals surface area contributed by atoms with Crippen molar-refractivity contribution in [2.24, 2.45) is 13.0 Å². The minimum atomic E-state index is -0.308. The molecule has 102 valence electrons. The van der Waals surface area contributed by atoms with Crippen LogP contribution >= 0.6 is 0 Å². The standard InChI is InChI=1S/C13H18N4O2/c1-16-12(18)10-11(15-8-14-10)17(13(16)19)7-9-5-3-2-4-6-9/h8-9H,2-7H2,1H3,(H,14,15). The molecule has 6 nitrogen and oxygen atoms in total. The molecule has 1 N–H and O–H groups in total. The second kappa shape index (κ2) is 4.68. The molecule has 0 unspecified atom stereocenters. The first-order valence-electron chi connectivity index (χ1n) is 6.81. The fraction of sp³-hybridized carbons (Fsp3) is 0.615. The number of H-pyrrole nitrogens is 1. The van der Waals surface area contributed by atoms with Gasteiger partial charge in [0.25, 0.3) is 5.56 Å². The molecule has 0 aliphatic heterocycles. The number of aromatic amines is 1. The first-order chi connectivity index (χ1) is 9.18. The van der Waals surface area contributed by atoms with Crippen molar-refractivity contribution in [3.05, 3.63) is 27.2 Å². The highest BCUT2D eigenvalue weighted by Crippen LogP contribution is 2.25. The number of nitrogens with zero attached hydrogens (tertiary/aromatic N) is 3. The topological polar surface area (TPSA) is 72.7 Å². The van der Waals surface area contributed by atoms with E-state index in [4.69, 9.17) is 0 Å². The summed E-state index contributed by atoms with van der Waals surface area (Å²) in [7, 11) is 1.52. The van der Waals surface area contributed by atoms with Gasteiger partial charge in [-0.1, -0.05) is 19.3 Å². The molecule has 6 heteroatoms. The van der Waals surface area contributed by atoms with E-state index in [0.29, 0.717) is 23.6 Å². The molecule has 3 rings (SSSR count). The molecule has 1 aliphatic carbocycles. The van der Waals surface area contributed by atoms with Crippen LogP contribution in [0.4, 0.5) is 0 Å². The van der Waals surface area contributed by atoms with Gasteiger partial charge < -0.3 is 4.98 Å². The zero-order valence-corrected chi connectivity index (χ0v) is 11.1. The normalized spacial score (nSPS) is 17.1. The lowest BCUT2D eigenvalue weighted by Crippen LogP contribution is -2.39. The highest BCUT2D eigenvalue weighted by molar-refractivity contribution is 5.68. The lowest BCUT2D eigenvalue weighted by atomic mass is 9.89. The predicted octanol–water partition coefficient (Wildman–Crippen LogP) is 1.00. The van der Waals surface area contributed by atoms with E-state index in [0.717, 1.165) is 17.4 Å². The van der Waals surface area contributed by atoms with Crippen molar-refractivity contribution in [3.8, 4) is 0 Å². The third kappa shape index (κ3) is 2.01. The molecule has 2 aromatic heterocycles. The summed E-state index contributed by atoms with van der Waals surface area (Å²) in [5, 5.41) is 0. The fourth-order valence-electron chi connectivity index (χ4n) is 2.97. The van der Waals surface area contributed by atoms with Crippen molar-refractivity contribution in [1.82, 2.24) is 19.1 Å². The van der Waals surface area contributed by atoms with Gasteiger partial charge in [0.15, 0.2) is 5.65 Å².